The molecule has 0 fully saturated rings. The Balaban J connectivity index is 2.98. The maximum absolute atomic E-state index is 13.8. The Kier molecular flexibility index (Phi) is 6.03. The second-order valence-corrected chi connectivity index (χ2v) is 4.95. The molecule has 0 radical (unpaired) electrons. The van der Waals surface area contributed by atoms with E-state index < -0.39 is 11.6 Å². The lowest BCUT2D eigenvalue weighted by molar-refractivity contribution is 0.376. The summed E-state index contributed by atoms with van der Waals surface area (Å²) in [5.41, 5.74) is 0.353. The Morgan fingerprint density at radius 3 is 2.28 bits per heavy atom. The van der Waals surface area contributed by atoms with Gasteiger partial charge in [0.15, 0.2) is 0 Å². The molecule has 1 unspecified atom stereocenters. The van der Waals surface area contributed by atoms with E-state index in [1.54, 1.807) is 7.05 Å². The molecule has 1 aromatic rings. The lowest BCUT2D eigenvalue weighted by Gasteiger charge is -2.22. The fourth-order valence-corrected chi connectivity index (χ4v) is 2.31. The highest BCUT2D eigenvalue weighted by Gasteiger charge is 2.19. The summed E-state index contributed by atoms with van der Waals surface area (Å²) >= 11 is 5.56. The molecule has 0 saturated heterocycles. The van der Waals surface area contributed by atoms with Gasteiger partial charge in [-0.25, -0.2) is 8.78 Å². The molecular formula is C14H20ClF2N. The van der Waals surface area contributed by atoms with Crippen molar-refractivity contribution < 1.29 is 8.78 Å². The molecule has 1 aromatic carbocycles. The number of hydrogen-bond donors (Lipinski definition) is 1. The van der Waals surface area contributed by atoms with Crippen LogP contribution in [0.1, 0.15) is 44.7 Å². The van der Waals surface area contributed by atoms with Gasteiger partial charge in [0.2, 0.25) is 0 Å². The van der Waals surface area contributed by atoms with Crippen LogP contribution in [0.4, 0.5) is 8.78 Å². The van der Waals surface area contributed by atoms with Gasteiger partial charge < -0.3 is 5.32 Å². The fraction of sp³-hybridized carbons (Fsp3) is 0.571. The van der Waals surface area contributed by atoms with Crippen LogP contribution in [-0.4, -0.2) is 7.05 Å². The van der Waals surface area contributed by atoms with Crippen molar-refractivity contribution in [3.63, 3.8) is 0 Å². The summed E-state index contributed by atoms with van der Waals surface area (Å²) < 4.78 is 27.3. The summed E-state index contributed by atoms with van der Waals surface area (Å²) in [6, 6.07) is 2.06. The molecule has 0 aliphatic carbocycles. The number of hydrogen-bond acceptors (Lipinski definition) is 1. The van der Waals surface area contributed by atoms with Crippen molar-refractivity contribution in [1.82, 2.24) is 5.32 Å². The van der Waals surface area contributed by atoms with Crippen LogP contribution < -0.4 is 5.32 Å². The molecule has 0 saturated carbocycles. The van der Waals surface area contributed by atoms with E-state index >= 15 is 0 Å². The van der Waals surface area contributed by atoms with Crippen LogP contribution in [0.25, 0.3) is 0 Å². The number of halogens is 3. The van der Waals surface area contributed by atoms with E-state index in [0.29, 0.717) is 11.5 Å². The van der Waals surface area contributed by atoms with Crippen LogP contribution in [0.3, 0.4) is 0 Å². The SMILES string of the molecule is CCC(CC)CC(NC)c1cc(F)c(Cl)cc1F. The monoisotopic (exact) mass is 275 g/mol. The minimum absolute atomic E-state index is 0.173. The topological polar surface area (TPSA) is 12.0 Å². The minimum Gasteiger partial charge on any atom is -0.313 e. The van der Waals surface area contributed by atoms with Crippen LogP contribution in [-0.2, 0) is 0 Å². The number of rotatable bonds is 6. The van der Waals surface area contributed by atoms with Crippen molar-refractivity contribution in [2.75, 3.05) is 7.05 Å². The van der Waals surface area contributed by atoms with Gasteiger partial charge in [-0.2, -0.15) is 0 Å². The number of nitrogens with one attached hydrogen (secondary N) is 1. The first-order valence-corrected chi connectivity index (χ1v) is 6.72. The largest absolute Gasteiger partial charge is 0.313 e. The molecule has 18 heavy (non-hydrogen) atoms. The first-order valence-electron chi connectivity index (χ1n) is 6.35. The zero-order chi connectivity index (χ0) is 13.7. The lowest BCUT2D eigenvalue weighted by atomic mass is 9.91. The molecule has 0 aromatic heterocycles. The molecule has 0 spiro atoms. The molecule has 1 N–H and O–H groups in total. The first-order chi connectivity index (χ1) is 8.53. The molecule has 0 bridgehead atoms. The molecule has 0 aliphatic heterocycles. The van der Waals surface area contributed by atoms with Crippen molar-refractivity contribution in [2.45, 2.75) is 39.2 Å². The molecule has 1 rings (SSSR count). The van der Waals surface area contributed by atoms with E-state index in [9.17, 15) is 8.78 Å². The highest BCUT2D eigenvalue weighted by atomic mass is 35.5. The first kappa shape index (κ1) is 15.4. The molecule has 0 aliphatic rings. The van der Waals surface area contributed by atoms with Gasteiger partial charge in [-0.3, -0.25) is 0 Å². The molecule has 0 amide bonds. The fourth-order valence-electron chi connectivity index (χ4n) is 2.16. The van der Waals surface area contributed by atoms with Gasteiger partial charge in [-0.1, -0.05) is 38.3 Å². The normalized spacial score (nSPS) is 13.1. The van der Waals surface area contributed by atoms with Crippen LogP contribution in [0.5, 0.6) is 0 Å². The molecule has 102 valence electrons. The van der Waals surface area contributed by atoms with Crippen LogP contribution in [0.2, 0.25) is 5.02 Å². The van der Waals surface area contributed by atoms with Gasteiger partial charge in [0.1, 0.15) is 11.6 Å². The zero-order valence-electron chi connectivity index (χ0n) is 11.1. The zero-order valence-corrected chi connectivity index (χ0v) is 11.8. The van der Waals surface area contributed by atoms with Crippen molar-refractivity contribution in [3.05, 3.63) is 34.4 Å². The van der Waals surface area contributed by atoms with Gasteiger partial charge >= 0.3 is 0 Å². The highest BCUT2D eigenvalue weighted by Crippen LogP contribution is 2.29. The van der Waals surface area contributed by atoms with Crippen LogP contribution >= 0.6 is 11.6 Å². The molecule has 1 atom stereocenters. The Morgan fingerprint density at radius 1 is 1.17 bits per heavy atom. The Bertz CT molecular complexity index is 392. The van der Waals surface area contributed by atoms with Crippen molar-refractivity contribution in [2.24, 2.45) is 5.92 Å². The minimum atomic E-state index is -0.571. The van der Waals surface area contributed by atoms with Gasteiger partial charge in [-0.15, -0.1) is 0 Å². The predicted octanol–water partition coefficient (Wildman–Crippen LogP) is 4.71. The van der Waals surface area contributed by atoms with Crippen LogP contribution in [0.15, 0.2) is 12.1 Å². The summed E-state index contributed by atoms with van der Waals surface area (Å²) in [7, 11) is 1.76. The third-order valence-electron chi connectivity index (χ3n) is 3.49. The van der Waals surface area contributed by atoms with E-state index in [4.69, 9.17) is 11.6 Å². The van der Waals surface area contributed by atoms with Gasteiger partial charge in [0.05, 0.1) is 5.02 Å². The third-order valence-corrected chi connectivity index (χ3v) is 3.78. The summed E-state index contributed by atoms with van der Waals surface area (Å²) in [5.74, 6) is -0.523. The second-order valence-electron chi connectivity index (χ2n) is 4.55. The Labute approximate surface area is 113 Å². The smallest absolute Gasteiger partial charge is 0.142 e. The van der Waals surface area contributed by atoms with Gasteiger partial charge in [-0.05, 0) is 31.5 Å². The third kappa shape index (κ3) is 3.66. The van der Waals surface area contributed by atoms with Crippen molar-refractivity contribution in [3.8, 4) is 0 Å². The molecule has 4 heteroatoms. The molecule has 1 nitrogen and oxygen atoms in total. The maximum Gasteiger partial charge on any atom is 0.142 e. The highest BCUT2D eigenvalue weighted by molar-refractivity contribution is 6.30. The summed E-state index contributed by atoms with van der Waals surface area (Å²) in [6.07, 6.45) is 2.86. The molecular weight excluding hydrogens is 256 g/mol. The lowest BCUT2D eigenvalue weighted by Crippen LogP contribution is -2.21. The Morgan fingerprint density at radius 2 is 1.78 bits per heavy atom. The van der Waals surface area contributed by atoms with E-state index in [-0.39, 0.29) is 11.1 Å². The van der Waals surface area contributed by atoms with E-state index in [0.717, 1.165) is 25.3 Å². The summed E-state index contributed by atoms with van der Waals surface area (Å²) in [6.45, 7) is 4.22. The maximum atomic E-state index is 13.8. The van der Waals surface area contributed by atoms with Gasteiger partial charge in [0.25, 0.3) is 0 Å². The summed E-state index contributed by atoms with van der Waals surface area (Å²) in [5, 5.41) is 2.88. The van der Waals surface area contributed by atoms with E-state index in [1.807, 2.05) is 0 Å². The quantitative estimate of drug-likeness (QED) is 0.742. The summed E-state index contributed by atoms with van der Waals surface area (Å²) in [4.78, 5) is 0. The van der Waals surface area contributed by atoms with Crippen molar-refractivity contribution >= 4 is 11.6 Å². The standard InChI is InChI=1S/C14H20ClF2N/c1-4-9(5-2)6-14(18-3)10-7-13(17)11(15)8-12(10)16/h7-9,14,18H,4-6H2,1-3H3. The molecule has 0 heterocycles. The predicted molar refractivity (Wildman–Crippen MR) is 71.9 cm³/mol. The number of benzene rings is 1. The van der Waals surface area contributed by atoms with Crippen molar-refractivity contribution in [1.29, 1.82) is 0 Å². The van der Waals surface area contributed by atoms with Gasteiger partial charge in [0, 0.05) is 11.6 Å². The average molecular weight is 276 g/mol. The van der Waals surface area contributed by atoms with Crippen LogP contribution in [0, 0.1) is 17.6 Å². The second kappa shape index (κ2) is 7.05. The van der Waals surface area contributed by atoms with E-state index in [2.05, 4.69) is 19.2 Å². The Hall–Kier alpha value is -0.670. The van der Waals surface area contributed by atoms with E-state index in [1.165, 1.54) is 6.07 Å². The average Bonchev–Trinajstić information content (AvgIpc) is 2.36.